The molecule has 6 aliphatic carbocycles. The molecule has 0 spiro atoms. The first kappa shape index (κ1) is 37.1. The van der Waals surface area contributed by atoms with Crippen LogP contribution in [-0.4, -0.2) is 43.2 Å². The molecular formula is C34H56N6O2PdS2. The second-order valence-corrected chi connectivity index (χ2v) is 15.5. The molecule has 8 nitrogen and oxygen atoms in total. The van der Waals surface area contributed by atoms with Crippen molar-refractivity contribution in [2.24, 2.45) is 79.2 Å². The fourth-order valence-electron chi connectivity index (χ4n) is 11.1. The number of hydrogen-bond acceptors (Lipinski definition) is 8. The molecule has 11 heteroatoms. The molecule has 6 aliphatic rings. The average Bonchev–Trinajstić information content (AvgIpc) is 3.00. The molecule has 6 N–H and O–H groups in total. The number of hydrogen-bond donors (Lipinski definition) is 4. The smallest absolute Gasteiger partial charge is 0.741 e. The molecule has 0 radical (unpaired) electrons. The van der Waals surface area contributed by atoms with Crippen LogP contribution in [0.1, 0.15) is 129 Å². The van der Waals surface area contributed by atoms with Crippen molar-refractivity contribution in [2.45, 2.75) is 141 Å². The topological polar surface area (TPSA) is 142 Å². The minimum atomic E-state index is -0.570. The summed E-state index contributed by atoms with van der Waals surface area (Å²) in [4.78, 5) is 0. The summed E-state index contributed by atoms with van der Waals surface area (Å²) in [7, 11) is 0. The third-order valence-corrected chi connectivity index (χ3v) is 12.7. The SMILES string of the molecule is CCCC1C2CCCCC2(O)[C@H]2CCC[C@@H]1C2=N/N=C(/N)[S-].CCCC1C2CCCCC2(O)[C@H]2CCC[C@@H]1C2=N/N=C(/N)[S-].[Pd+2]. The number of fused-ring (bicyclic) bond motifs is 8. The van der Waals surface area contributed by atoms with E-state index in [-0.39, 0.29) is 42.6 Å². The Morgan fingerprint density at radius 2 is 1.07 bits per heavy atom. The van der Waals surface area contributed by atoms with Crippen LogP contribution in [0.3, 0.4) is 0 Å². The van der Waals surface area contributed by atoms with Gasteiger partial charge in [-0.15, -0.1) is 0 Å². The molecule has 6 rings (SSSR count). The van der Waals surface area contributed by atoms with Crippen molar-refractivity contribution < 1.29 is 30.6 Å². The minimum Gasteiger partial charge on any atom is -0.741 e. The average molecular weight is 751 g/mol. The van der Waals surface area contributed by atoms with Gasteiger partial charge in [0.05, 0.1) is 11.2 Å². The van der Waals surface area contributed by atoms with E-state index in [1.54, 1.807) is 0 Å². The van der Waals surface area contributed by atoms with Crippen molar-refractivity contribution in [1.29, 1.82) is 0 Å². The molecule has 4 bridgehead atoms. The van der Waals surface area contributed by atoms with Gasteiger partial charge >= 0.3 is 20.4 Å². The number of amidine groups is 2. The van der Waals surface area contributed by atoms with Crippen LogP contribution >= 0.6 is 0 Å². The summed E-state index contributed by atoms with van der Waals surface area (Å²) in [6.45, 7) is 4.49. The third-order valence-electron chi connectivity index (χ3n) is 12.5. The van der Waals surface area contributed by atoms with Crippen molar-refractivity contribution in [3.05, 3.63) is 0 Å². The summed E-state index contributed by atoms with van der Waals surface area (Å²) in [6.07, 6.45) is 20.5. The minimum absolute atomic E-state index is 0. The summed E-state index contributed by atoms with van der Waals surface area (Å²) in [5.41, 5.74) is 12.1. The van der Waals surface area contributed by atoms with Crippen molar-refractivity contribution in [1.82, 2.24) is 0 Å². The Balaban J connectivity index is 0.000000200. The predicted octanol–water partition coefficient (Wildman–Crippen LogP) is 5.94. The Morgan fingerprint density at radius 3 is 1.42 bits per heavy atom. The Hall–Kier alpha value is -0.698. The fraction of sp³-hybridized carbons (Fsp3) is 0.882. The molecule has 0 aliphatic heterocycles. The van der Waals surface area contributed by atoms with E-state index >= 15 is 0 Å². The monoisotopic (exact) mass is 750 g/mol. The Kier molecular flexibility index (Phi) is 13.3. The maximum absolute atomic E-state index is 11.5. The number of nitrogens with zero attached hydrogens (tertiary/aromatic N) is 4. The first-order chi connectivity index (χ1) is 21.2. The first-order valence-corrected chi connectivity index (χ1v) is 18.6. The maximum Gasteiger partial charge on any atom is 2.00 e. The Labute approximate surface area is 296 Å². The second-order valence-electron chi connectivity index (χ2n) is 14.7. The van der Waals surface area contributed by atoms with E-state index in [9.17, 15) is 10.2 Å². The molecule has 6 unspecified atom stereocenters. The van der Waals surface area contributed by atoms with Gasteiger partial charge in [0.15, 0.2) is 0 Å². The van der Waals surface area contributed by atoms with Crippen LogP contribution in [0, 0.1) is 47.3 Å². The van der Waals surface area contributed by atoms with Gasteiger partial charge in [-0.1, -0.05) is 65.2 Å². The van der Waals surface area contributed by atoms with E-state index in [1.807, 2.05) is 0 Å². The number of nitrogens with two attached hydrogens (primary N) is 2. The van der Waals surface area contributed by atoms with Crippen LogP contribution < -0.4 is 11.5 Å². The summed E-state index contributed by atoms with van der Waals surface area (Å²) >= 11 is 9.72. The van der Waals surface area contributed by atoms with Gasteiger partial charge in [0, 0.05) is 35.1 Å². The van der Waals surface area contributed by atoms with Crippen LogP contribution in [0.2, 0.25) is 0 Å². The Morgan fingerprint density at radius 1 is 0.667 bits per heavy atom. The van der Waals surface area contributed by atoms with E-state index in [4.69, 9.17) is 36.7 Å². The zero-order chi connectivity index (χ0) is 31.5. The van der Waals surface area contributed by atoms with Crippen LogP contribution in [0.15, 0.2) is 20.4 Å². The maximum atomic E-state index is 11.5. The van der Waals surface area contributed by atoms with Crippen LogP contribution in [0.5, 0.6) is 0 Å². The molecule has 0 aromatic rings. The summed E-state index contributed by atoms with van der Waals surface area (Å²) in [6, 6.07) is 0. The number of aliphatic hydroxyl groups is 2. The van der Waals surface area contributed by atoms with Crippen molar-refractivity contribution >= 4 is 47.0 Å². The van der Waals surface area contributed by atoms with Gasteiger partial charge in [-0.05, 0) is 98.2 Å². The number of rotatable bonds is 6. The third kappa shape index (κ3) is 7.49. The van der Waals surface area contributed by atoms with Gasteiger partial charge in [-0.3, -0.25) is 0 Å². The molecular weight excluding hydrogens is 695 g/mol. The standard InChI is InChI=1S/2C17H29N3OS.Pd/c2*1-2-6-11-12-7-5-9-14(15(12)19-20-16(18)22)17(21)10-4-3-8-13(11)17;/h2*11-14,21H,2-10H2,1H3,(H3,18,20,22);/q;;+2/p-2/t2*11?,12-,13?,14-,17?;/m00./s1. The van der Waals surface area contributed by atoms with E-state index in [0.29, 0.717) is 35.5 Å². The molecule has 45 heavy (non-hydrogen) atoms. The second kappa shape index (κ2) is 16.1. The molecule has 0 saturated heterocycles. The van der Waals surface area contributed by atoms with Crippen LogP contribution in [0.4, 0.5) is 0 Å². The Bertz CT molecular complexity index is 1040. The van der Waals surface area contributed by atoms with Gasteiger partial charge in [-0.25, -0.2) is 0 Å². The van der Waals surface area contributed by atoms with Gasteiger partial charge in [0.25, 0.3) is 0 Å². The van der Waals surface area contributed by atoms with Gasteiger partial charge < -0.3 is 46.9 Å². The molecule has 0 aromatic carbocycles. The summed E-state index contributed by atoms with van der Waals surface area (Å²) < 4.78 is 0. The normalized spacial score (nSPS) is 42.9. The molecule has 256 valence electrons. The fourth-order valence-corrected chi connectivity index (χ4v) is 11.1. The van der Waals surface area contributed by atoms with Gasteiger partial charge in [0.2, 0.25) is 0 Å². The van der Waals surface area contributed by atoms with E-state index in [2.05, 4.69) is 34.3 Å². The molecule has 0 heterocycles. The van der Waals surface area contributed by atoms with Crippen LogP contribution in [0.25, 0.3) is 0 Å². The summed E-state index contributed by atoms with van der Waals surface area (Å²) in [5.74, 6) is 3.27. The van der Waals surface area contributed by atoms with Gasteiger partial charge in [-0.2, -0.15) is 20.4 Å². The zero-order valence-corrected chi connectivity index (χ0v) is 30.5. The zero-order valence-electron chi connectivity index (χ0n) is 27.3. The largest absolute Gasteiger partial charge is 2.00 e. The quantitative estimate of drug-likeness (QED) is 0.0871. The van der Waals surface area contributed by atoms with Crippen molar-refractivity contribution in [2.75, 3.05) is 0 Å². The molecule has 10 atom stereocenters. The summed E-state index contributed by atoms with van der Waals surface area (Å²) in [5, 5.41) is 40.1. The van der Waals surface area contributed by atoms with E-state index < -0.39 is 11.2 Å². The first-order valence-electron chi connectivity index (χ1n) is 17.8. The molecule has 0 amide bonds. The molecule has 6 saturated carbocycles. The predicted molar refractivity (Wildman–Crippen MR) is 185 cm³/mol. The van der Waals surface area contributed by atoms with Crippen LogP contribution in [-0.2, 0) is 45.7 Å². The van der Waals surface area contributed by atoms with E-state index in [1.165, 1.54) is 64.2 Å². The molecule has 0 aromatic heterocycles. The van der Waals surface area contributed by atoms with Gasteiger partial charge in [0.1, 0.15) is 0 Å². The van der Waals surface area contributed by atoms with Crippen molar-refractivity contribution in [3.8, 4) is 0 Å². The molecule has 6 fully saturated rings. The van der Waals surface area contributed by atoms with Crippen molar-refractivity contribution in [3.63, 3.8) is 0 Å². The van der Waals surface area contributed by atoms with E-state index in [0.717, 1.165) is 62.8 Å².